The number of urea groups is 1. The van der Waals surface area contributed by atoms with Crippen molar-refractivity contribution in [2.45, 2.75) is 51.8 Å². The number of anilines is 3. The Labute approximate surface area is 248 Å². The van der Waals surface area contributed by atoms with Crippen molar-refractivity contribution in [2.75, 3.05) is 29.5 Å². The van der Waals surface area contributed by atoms with Gasteiger partial charge in [0.1, 0.15) is 23.5 Å². The van der Waals surface area contributed by atoms with Gasteiger partial charge in [0.25, 0.3) is 0 Å². The molecule has 44 heavy (non-hydrogen) atoms. The summed E-state index contributed by atoms with van der Waals surface area (Å²) < 4.78 is 76.0. The van der Waals surface area contributed by atoms with E-state index >= 15 is 4.39 Å². The van der Waals surface area contributed by atoms with Crippen LogP contribution in [-0.4, -0.2) is 55.9 Å². The number of ether oxygens (including phenoxy) is 1. The summed E-state index contributed by atoms with van der Waals surface area (Å²) in [6.07, 6.45) is -4.53. The van der Waals surface area contributed by atoms with E-state index in [2.05, 4.69) is 20.3 Å². The number of hydrogen-bond acceptors (Lipinski definition) is 7. The summed E-state index contributed by atoms with van der Waals surface area (Å²) in [5.41, 5.74) is 6.16. The normalized spacial score (nSPS) is 18.4. The van der Waals surface area contributed by atoms with Gasteiger partial charge in [-0.1, -0.05) is 6.07 Å². The van der Waals surface area contributed by atoms with E-state index in [-0.39, 0.29) is 23.7 Å². The van der Waals surface area contributed by atoms with Gasteiger partial charge >= 0.3 is 12.2 Å². The van der Waals surface area contributed by atoms with Gasteiger partial charge in [-0.25, -0.2) is 23.1 Å². The molecule has 1 aliphatic rings. The Morgan fingerprint density at radius 2 is 1.77 bits per heavy atom. The molecule has 1 aliphatic heterocycles. The van der Waals surface area contributed by atoms with E-state index in [0.717, 1.165) is 6.07 Å². The molecule has 0 radical (unpaired) electrons. The van der Waals surface area contributed by atoms with E-state index in [1.807, 2.05) is 19.2 Å². The molecule has 5 N–H and O–H groups in total. The first kappa shape index (κ1) is 31.1. The molecule has 2 amide bonds. The van der Waals surface area contributed by atoms with Crippen LogP contribution in [-0.2, 0) is 17.5 Å². The lowest BCUT2D eigenvalue weighted by molar-refractivity contribution is -0.137. The molecule has 234 valence electrons. The number of carbonyl (C=O) groups excluding carboxylic acids is 1. The molecule has 3 heterocycles. The number of nitrogens with two attached hydrogens (primary N) is 1. The monoisotopic (exact) mass is 619 g/mol. The van der Waals surface area contributed by atoms with Crippen molar-refractivity contribution < 1.29 is 36.6 Å². The number of morpholine rings is 1. The van der Waals surface area contributed by atoms with E-state index < -0.39 is 41.2 Å². The van der Waals surface area contributed by atoms with Gasteiger partial charge in [-0.05, 0) is 56.7 Å². The number of hydrogen-bond donors (Lipinski definition) is 4. The van der Waals surface area contributed by atoms with Crippen molar-refractivity contribution in [1.29, 1.82) is 0 Å². The maximum Gasteiger partial charge on any atom is 0.416 e. The first-order valence-electron chi connectivity index (χ1n) is 13.7. The number of nitrogens with zero attached hydrogens (tertiary/aromatic N) is 4. The van der Waals surface area contributed by atoms with Crippen LogP contribution >= 0.6 is 0 Å². The molecular formula is C29H30F5N7O3. The second kappa shape index (κ2) is 12.0. The molecule has 4 aromatic rings. The van der Waals surface area contributed by atoms with Crippen LogP contribution in [0.2, 0.25) is 0 Å². The highest BCUT2D eigenvalue weighted by Gasteiger charge is 2.32. The molecule has 10 nitrogen and oxygen atoms in total. The van der Waals surface area contributed by atoms with Gasteiger partial charge in [0.15, 0.2) is 5.82 Å². The molecule has 2 aromatic carbocycles. The van der Waals surface area contributed by atoms with Gasteiger partial charge < -0.3 is 26.2 Å². The first-order valence-corrected chi connectivity index (χ1v) is 13.7. The molecule has 0 bridgehead atoms. The number of nitrogens with one attached hydrogen (secondary N) is 2. The van der Waals surface area contributed by atoms with E-state index in [0.29, 0.717) is 65.7 Å². The average Bonchev–Trinajstić information content (AvgIpc) is 3.25. The zero-order chi connectivity index (χ0) is 31.9. The highest BCUT2D eigenvalue weighted by Crippen LogP contribution is 2.40. The molecule has 3 atom stereocenters. The zero-order valence-electron chi connectivity index (χ0n) is 23.9. The number of carbonyl (C=O) groups is 1. The van der Waals surface area contributed by atoms with Crippen LogP contribution in [0.3, 0.4) is 0 Å². The van der Waals surface area contributed by atoms with E-state index in [1.54, 1.807) is 11.4 Å². The molecule has 15 heteroatoms. The Morgan fingerprint density at radius 1 is 1.09 bits per heavy atom. The first-order chi connectivity index (χ1) is 20.7. The third-order valence-electron chi connectivity index (χ3n) is 7.23. The summed E-state index contributed by atoms with van der Waals surface area (Å²) in [7, 11) is 0. The molecular weight excluding hydrogens is 589 g/mol. The molecule has 1 saturated heterocycles. The smallest absolute Gasteiger partial charge is 0.389 e. The van der Waals surface area contributed by atoms with Gasteiger partial charge in [-0.15, -0.1) is 0 Å². The number of aromatic nitrogens is 3. The van der Waals surface area contributed by atoms with Crippen molar-refractivity contribution in [1.82, 2.24) is 19.5 Å². The van der Waals surface area contributed by atoms with Gasteiger partial charge in [-0.2, -0.15) is 18.3 Å². The van der Waals surface area contributed by atoms with Crippen LogP contribution in [0.15, 0.2) is 42.7 Å². The molecule has 5 rings (SSSR count). The lowest BCUT2D eigenvalue weighted by atomic mass is 9.97. The Morgan fingerprint density at radius 3 is 2.41 bits per heavy atom. The third-order valence-corrected chi connectivity index (χ3v) is 7.23. The van der Waals surface area contributed by atoms with Crippen LogP contribution in [0.1, 0.15) is 43.7 Å². The zero-order valence-corrected chi connectivity index (χ0v) is 23.9. The molecule has 0 saturated carbocycles. The minimum atomic E-state index is -4.76. The summed E-state index contributed by atoms with van der Waals surface area (Å²) in [6, 6.07) is 4.19. The maximum atomic E-state index is 15.4. The summed E-state index contributed by atoms with van der Waals surface area (Å²) in [5.74, 6) is -1.92. The average molecular weight is 620 g/mol. The summed E-state index contributed by atoms with van der Waals surface area (Å²) >= 11 is 0. The molecule has 1 fully saturated rings. The summed E-state index contributed by atoms with van der Waals surface area (Å²) in [5, 5.41) is 19.5. The Hall–Kier alpha value is -4.34. The second-order valence-corrected chi connectivity index (χ2v) is 10.7. The number of aliphatic hydroxyl groups is 1. The van der Waals surface area contributed by atoms with Crippen LogP contribution in [0.5, 0.6) is 0 Å². The van der Waals surface area contributed by atoms with Gasteiger partial charge in [0.2, 0.25) is 0 Å². The Bertz CT molecular complexity index is 1700. The van der Waals surface area contributed by atoms with Gasteiger partial charge in [-0.3, -0.25) is 4.90 Å². The third kappa shape index (κ3) is 6.30. The molecule has 0 spiro atoms. The lowest BCUT2D eigenvalue weighted by Crippen LogP contribution is -2.45. The highest BCUT2D eigenvalue weighted by molar-refractivity contribution is 6.00. The van der Waals surface area contributed by atoms with Crippen molar-refractivity contribution in [3.63, 3.8) is 0 Å². The number of aliphatic hydroxyl groups excluding tert-OH is 1. The van der Waals surface area contributed by atoms with Crippen molar-refractivity contribution >= 4 is 28.7 Å². The lowest BCUT2D eigenvalue weighted by Gasteiger charge is -2.35. The Kier molecular flexibility index (Phi) is 8.46. The maximum absolute atomic E-state index is 15.4. The van der Waals surface area contributed by atoms with Crippen molar-refractivity contribution in [2.24, 2.45) is 0 Å². The number of benzene rings is 2. The number of amides is 2. The summed E-state index contributed by atoms with van der Waals surface area (Å²) in [6.45, 7) is 7.15. The topological polar surface area (TPSA) is 130 Å². The van der Waals surface area contributed by atoms with Crippen molar-refractivity contribution in [3.8, 4) is 11.1 Å². The predicted octanol–water partition coefficient (Wildman–Crippen LogP) is 5.58. The number of alkyl halides is 3. The quantitative estimate of drug-likeness (QED) is 0.207. The minimum absolute atomic E-state index is 0.0180. The predicted molar refractivity (Wildman–Crippen MR) is 153 cm³/mol. The number of fused-ring (bicyclic) bond motifs is 1. The molecule has 0 aliphatic carbocycles. The molecule has 3 unspecified atom stereocenters. The Balaban J connectivity index is 1.48. The fourth-order valence-electron chi connectivity index (χ4n) is 5.56. The largest absolute Gasteiger partial charge is 0.416 e. The van der Waals surface area contributed by atoms with Crippen LogP contribution in [0.4, 0.5) is 43.9 Å². The molecule has 2 aromatic heterocycles. The van der Waals surface area contributed by atoms with E-state index in [4.69, 9.17) is 10.5 Å². The number of nitrogen functional groups attached to an aromatic ring is 1. The fourth-order valence-corrected chi connectivity index (χ4v) is 5.56. The second-order valence-electron chi connectivity index (χ2n) is 10.7. The van der Waals surface area contributed by atoms with Gasteiger partial charge in [0, 0.05) is 30.8 Å². The van der Waals surface area contributed by atoms with Gasteiger partial charge in [0.05, 0.1) is 40.9 Å². The highest BCUT2D eigenvalue weighted by atomic mass is 19.4. The minimum Gasteiger partial charge on any atom is -0.389 e. The SMILES string of the molecule is CC1CN(Cc2c(C(C)O)c(-c3ccc(NC(=O)Nc4cc(C(F)(F)F)ccc4F)c(F)c3)c3c(N)ncnn23)CC(C)O1. The van der Waals surface area contributed by atoms with Crippen LogP contribution < -0.4 is 16.4 Å². The number of halogens is 5. The standard InChI is InChI=1S/C29H30F5N7O3/c1-14-10-40(11-15(2)44-14)12-23-24(16(3)42)25(26-27(35)36-13-37-41(23)26)17-4-7-21(20(31)8-17)38-28(43)39-22-9-18(29(32,33)34)5-6-19(22)30/h4-9,13-16,42H,10-12H2,1-3H3,(H2,35,36,37)(H2,38,39,43). The fraction of sp³-hybridized carbons (Fsp3) is 0.345. The van der Waals surface area contributed by atoms with Crippen LogP contribution in [0.25, 0.3) is 16.6 Å². The van der Waals surface area contributed by atoms with E-state index in [9.17, 15) is 27.5 Å². The summed E-state index contributed by atoms with van der Waals surface area (Å²) in [4.78, 5) is 18.7. The number of rotatable bonds is 6. The van der Waals surface area contributed by atoms with E-state index in [1.165, 1.54) is 18.5 Å². The van der Waals surface area contributed by atoms with Crippen LogP contribution in [0, 0.1) is 11.6 Å². The van der Waals surface area contributed by atoms with Crippen molar-refractivity contribution in [3.05, 3.63) is 71.2 Å².